The number of nitrogens with zero attached hydrogens (tertiary/aromatic N) is 4. The van der Waals surface area contributed by atoms with Gasteiger partial charge in [-0.2, -0.15) is 5.10 Å². The maximum atomic E-state index is 13.5. The molecule has 0 amide bonds. The fraction of sp³-hybridized carbons (Fsp3) is 0.308. The van der Waals surface area contributed by atoms with Crippen LogP contribution < -0.4 is 4.74 Å². The molecule has 0 bridgehead atoms. The van der Waals surface area contributed by atoms with Crippen LogP contribution in [0.25, 0.3) is 5.65 Å². The van der Waals surface area contributed by atoms with Gasteiger partial charge in [0.05, 0.1) is 18.9 Å². The van der Waals surface area contributed by atoms with Crippen molar-refractivity contribution in [1.82, 2.24) is 19.5 Å². The van der Waals surface area contributed by atoms with Gasteiger partial charge in [-0.25, -0.2) is 13.9 Å². The number of hydrogen-bond acceptors (Lipinski definition) is 5. The average molecular weight is 447 g/mol. The van der Waals surface area contributed by atoms with E-state index >= 15 is 0 Å². The molecule has 0 saturated carbocycles. The van der Waals surface area contributed by atoms with Crippen molar-refractivity contribution in [2.24, 2.45) is 5.92 Å². The Morgan fingerprint density at radius 2 is 2.03 bits per heavy atom. The molecule has 0 N–H and O–H groups in total. The first-order chi connectivity index (χ1) is 16.2. The first-order valence-corrected chi connectivity index (χ1v) is 11.3. The van der Waals surface area contributed by atoms with Crippen molar-refractivity contribution in [3.63, 3.8) is 0 Å². The molecule has 6 nitrogen and oxygen atoms in total. The minimum atomic E-state index is -0.248. The molecule has 1 atom stereocenters. The SMILES string of the molecule is Fc1cccc(COc2ccccc2CN2CCOC[C@H](Cc3ccc4nccn4n3)C2)c1. The van der Waals surface area contributed by atoms with Gasteiger partial charge in [0.2, 0.25) is 0 Å². The fourth-order valence-electron chi connectivity index (χ4n) is 4.28. The number of rotatable bonds is 7. The zero-order valence-corrected chi connectivity index (χ0v) is 18.4. The van der Waals surface area contributed by atoms with Gasteiger partial charge in [0.25, 0.3) is 0 Å². The lowest BCUT2D eigenvalue weighted by Crippen LogP contribution is -2.30. The lowest BCUT2D eigenvalue weighted by Gasteiger charge is -2.24. The van der Waals surface area contributed by atoms with Crippen molar-refractivity contribution in [1.29, 1.82) is 0 Å². The summed E-state index contributed by atoms with van der Waals surface area (Å²) in [6.07, 6.45) is 4.48. The number of ether oxygens (including phenoxy) is 2. The van der Waals surface area contributed by atoms with E-state index in [0.717, 1.165) is 60.9 Å². The second-order valence-electron chi connectivity index (χ2n) is 8.46. The molecule has 0 radical (unpaired) electrons. The van der Waals surface area contributed by atoms with Gasteiger partial charge >= 0.3 is 0 Å². The smallest absolute Gasteiger partial charge is 0.153 e. The van der Waals surface area contributed by atoms with Crippen LogP contribution in [0.5, 0.6) is 5.75 Å². The van der Waals surface area contributed by atoms with Crippen LogP contribution in [0.3, 0.4) is 0 Å². The summed E-state index contributed by atoms with van der Waals surface area (Å²) < 4.78 is 27.3. The normalized spacial score (nSPS) is 17.2. The van der Waals surface area contributed by atoms with Crippen LogP contribution in [0.15, 0.2) is 73.1 Å². The second kappa shape index (κ2) is 10.1. The Labute approximate surface area is 192 Å². The van der Waals surface area contributed by atoms with E-state index in [9.17, 15) is 4.39 Å². The highest BCUT2D eigenvalue weighted by molar-refractivity contribution is 5.36. The Kier molecular flexibility index (Phi) is 6.60. The fourth-order valence-corrected chi connectivity index (χ4v) is 4.28. The van der Waals surface area contributed by atoms with Gasteiger partial charge < -0.3 is 9.47 Å². The summed E-state index contributed by atoms with van der Waals surface area (Å²) in [5, 5.41) is 4.68. The van der Waals surface area contributed by atoms with Gasteiger partial charge in [-0.1, -0.05) is 30.3 Å². The Morgan fingerprint density at radius 1 is 1.09 bits per heavy atom. The molecule has 1 aliphatic rings. The monoisotopic (exact) mass is 446 g/mol. The van der Waals surface area contributed by atoms with Crippen molar-refractivity contribution in [2.45, 2.75) is 19.6 Å². The predicted molar refractivity (Wildman–Crippen MR) is 123 cm³/mol. The first kappa shape index (κ1) is 21.6. The summed E-state index contributed by atoms with van der Waals surface area (Å²) >= 11 is 0. The summed E-state index contributed by atoms with van der Waals surface area (Å²) in [5.74, 6) is 0.929. The highest BCUT2D eigenvalue weighted by atomic mass is 19.1. The van der Waals surface area contributed by atoms with E-state index in [-0.39, 0.29) is 5.82 Å². The molecule has 2 aromatic heterocycles. The van der Waals surface area contributed by atoms with Gasteiger partial charge in [-0.3, -0.25) is 4.90 Å². The first-order valence-electron chi connectivity index (χ1n) is 11.3. The van der Waals surface area contributed by atoms with Gasteiger partial charge in [0.1, 0.15) is 18.2 Å². The predicted octanol–water partition coefficient (Wildman–Crippen LogP) is 4.14. The molecule has 1 aliphatic heterocycles. The van der Waals surface area contributed by atoms with Crippen molar-refractivity contribution >= 4 is 5.65 Å². The molecule has 5 rings (SSSR count). The van der Waals surface area contributed by atoms with Crippen molar-refractivity contribution in [3.8, 4) is 5.75 Å². The summed E-state index contributed by atoms with van der Waals surface area (Å²) in [7, 11) is 0. The quantitative estimate of drug-likeness (QED) is 0.427. The Hall–Kier alpha value is -3.29. The molecule has 1 fully saturated rings. The van der Waals surface area contributed by atoms with E-state index in [0.29, 0.717) is 19.1 Å². The van der Waals surface area contributed by atoms with Crippen LogP contribution in [0, 0.1) is 11.7 Å². The third-order valence-electron chi connectivity index (χ3n) is 5.88. The van der Waals surface area contributed by atoms with Crippen molar-refractivity contribution < 1.29 is 13.9 Å². The molecule has 170 valence electrons. The lowest BCUT2D eigenvalue weighted by atomic mass is 10.0. The van der Waals surface area contributed by atoms with Gasteiger partial charge in [0, 0.05) is 43.5 Å². The third-order valence-corrected chi connectivity index (χ3v) is 5.88. The summed E-state index contributed by atoms with van der Waals surface area (Å²) in [6.45, 7) is 4.31. The van der Waals surface area contributed by atoms with Crippen LogP contribution in [0.2, 0.25) is 0 Å². The van der Waals surface area contributed by atoms with E-state index in [2.05, 4.69) is 21.0 Å². The summed E-state index contributed by atoms with van der Waals surface area (Å²) in [4.78, 5) is 6.68. The molecule has 3 heterocycles. The van der Waals surface area contributed by atoms with Gasteiger partial charge in [-0.15, -0.1) is 0 Å². The number of hydrogen-bond donors (Lipinski definition) is 0. The Balaban J connectivity index is 1.24. The number of benzene rings is 2. The Morgan fingerprint density at radius 3 is 2.97 bits per heavy atom. The molecular weight excluding hydrogens is 419 g/mol. The van der Waals surface area contributed by atoms with Gasteiger partial charge in [0.15, 0.2) is 5.65 Å². The zero-order valence-electron chi connectivity index (χ0n) is 18.4. The van der Waals surface area contributed by atoms with E-state index in [1.54, 1.807) is 12.3 Å². The average Bonchev–Trinajstić information content (AvgIpc) is 3.18. The molecular formula is C26H27FN4O2. The van der Waals surface area contributed by atoms with Crippen LogP contribution in [-0.2, 0) is 24.3 Å². The highest BCUT2D eigenvalue weighted by Gasteiger charge is 2.21. The molecule has 0 spiro atoms. The second-order valence-corrected chi connectivity index (χ2v) is 8.46. The largest absolute Gasteiger partial charge is 0.489 e. The maximum Gasteiger partial charge on any atom is 0.153 e. The summed E-state index contributed by atoms with van der Waals surface area (Å²) in [5.41, 5.74) is 3.82. The standard InChI is InChI=1S/C26H27FN4O2/c27-23-6-3-4-20(14-23)19-33-25-7-2-1-5-22(25)17-30-12-13-32-18-21(16-30)15-24-8-9-26-28-10-11-31(26)29-24/h1-11,14,21H,12-13,15-19H2/t21-/m1/s1. The molecule has 7 heteroatoms. The van der Waals surface area contributed by atoms with Crippen LogP contribution in [0.4, 0.5) is 4.39 Å². The Bertz CT molecular complexity index is 1210. The molecule has 1 saturated heterocycles. The number of imidazole rings is 1. The summed E-state index contributed by atoms with van der Waals surface area (Å²) in [6, 6.07) is 18.6. The minimum Gasteiger partial charge on any atom is -0.489 e. The zero-order chi connectivity index (χ0) is 22.5. The van der Waals surface area contributed by atoms with Crippen LogP contribution in [-0.4, -0.2) is 45.8 Å². The van der Waals surface area contributed by atoms with E-state index in [1.165, 1.54) is 12.1 Å². The molecule has 2 aromatic carbocycles. The maximum absolute atomic E-state index is 13.5. The van der Waals surface area contributed by atoms with Crippen molar-refractivity contribution in [2.75, 3.05) is 26.3 Å². The topological polar surface area (TPSA) is 51.9 Å². The van der Waals surface area contributed by atoms with Gasteiger partial charge in [-0.05, 0) is 42.3 Å². The van der Waals surface area contributed by atoms with E-state index in [1.807, 2.05) is 47.1 Å². The number of fused-ring (bicyclic) bond motifs is 1. The number of halogens is 1. The lowest BCUT2D eigenvalue weighted by molar-refractivity contribution is 0.121. The molecule has 0 aliphatic carbocycles. The van der Waals surface area contributed by atoms with Crippen LogP contribution in [0.1, 0.15) is 16.8 Å². The molecule has 4 aromatic rings. The van der Waals surface area contributed by atoms with Crippen molar-refractivity contribution in [3.05, 3.63) is 95.7 Å². The molecule has 0 unspecified atom stereocenters. The number of para-hydroxylation sites is 1. The van der Waals surface area contributed by atoms with E-state index in [4.69, 9.17) is 9.47 Å². The van der Waals surface area contributed by atoms with Crippen LogP contribution >= 0.6 is 0 Å². The van der Waals surface area contributed by atoms with E-state index < -0.39 is 0 Å². The highest BCUT2D eigenvalue weighted by Crippen LogP contribution is 2.23. The number of aromatic nitrogens is 3. The minimum absolute atomic E-state index is 0.248. The third kappa shape index (κ3) is 5.56. The molecule has 33 heavy (non-hydrogen) atoms.